The van der Waals surface area contributed by atoms with Gasteiger partial charge in [0, 0.05) is 21.6 Å². The molecule has 0 saturated heterocycles. The highest BCUT2D eigenvalue weighted by Gasteiger charge is 2.12. The third kappa shape index (κ3) is 1.49. The molecular formula is C13H9NOS. The van der Waals surface area contributed by atoms with E-state index in [2.05, 4.69) is 4.99 Å². The first kappa shape index (κ1) is 9.48. The zero-order chi connectivity index (χ0) is 11.0. The van der Waals surface area contributed by atoms with Crippen molar-refractivity contribution in [1.82, 2.24) is 0 Å². The largest absolute Gasteiger partial charge is 0.507 e. The van der Waals surface area contributed by atoms with Crippen molar-refractivity contribution in [3.63, 3.8) is 0 Å². The van der Waals surface area contributed by atoms with Crippen LogP contribution in [0.4, 0.5) is 5.69 Å². The summed E-state index contributed by atoms with van der Waals surface area (Å²) in [5.41, 5.74) is 1.74. The van der Waals surface area contributed by atoms with Crippen LogP contribution in [-0.2, 0) is 0 Å². The van der Waals surface area contributed by atoms with Gasteiger partial charge < -0.3 is 5.11 Å². The van der Waals surface area contributed by atoms with Gasteiger partial charge in [-0.1, -0.05) is 30.0 Å². The first-order valence-electron chi connectivity index (χ1n) is 4.97. The number of hydrogen-bond acceptors (Lipinski definition) is 3. The van der Waals surface area contributed by atoms with E-state index in [0.717, 1.165) is 21.0 Å². The number of para-hydroxylation sites is 1. The molecule has 0 amide bonds. The Bertz CT molecular complexity index is 578. The Morgan fingerprint density at radius 1 is 0.938 bits per heavy atom. The van der Waals surface area contributed by atoms with Crippen LogP contribution >= 0.6 is 11.8 Å². The summed E-state index contributed by atoms with van der Waals surface area (Å²) in [6, 6.07) is 13.5. The normalized spacial score (nSPS) is 12.8. The molecule has 2 nitrogen and oxygen atoms in total. The Morgan fingerprint density at radius 2 is 1.75 bits per heavy atom. The summed E-state index contributed by atoms with van der Waals surface area (Å²) >= 11 is 1.63. The maximum absolute atomic E-state index is 9.76. The molecule has 0 atom stereocenters. The fourth-order valence-electron chi connectivity index (χ4n) is 1.65. The van der Waals surface area contributed by atoms with Crippen molar-refractivity contribution in [3.05, 3.63) is 48.0 Å². The molecule has 0 fully saturated rings. The molecule has 1 aliphatic heterocycles. The molecule has 16 heavy (non-hydrogen) atoms. The van der Waals surface area contributed by atoms with Crippen LogP contribution in [0, 0.1) is 0 Å². The summed E-state index contributed by atoms with van der Waals surface area (Å²) < 4.78 is 0. The Balaban J connectivity index is 2.21. The average molecular weight is 227 g/mol. The van der Waals surface area contributed by atoms with Crippen LogP contribution in [0.1, 0.15) is 5.56 Å². The van der Waals surface area contributed by atoms with Crippen LogP contribution in [0.3, 0.4) is 0 Å². The highest BCUT2D eigenvalue weighted by atomic mass is 32.2. The molecule has 0 unspecified atom stereocenters. The number of aliphatic imine (C=N–C) groups is 1. The zero-order valence-electron chi connectivity index (χ0n) is 8.42. The van der Waals surface area contributed by atoms with Crippen molar-refractivity contribution in [3.8, 4) is 5.75 Å². The predicted octanol–water partition coefficient (Wildman–Crippen LogP) is 3.61. The number of phenols is 1. The smallest absolute Gasteiger partial charge is 0.125 e. The molecule has 1 heterocycles. The molecule has 1 N–H and O–H groups in total. The zero-order valence-corrected chi connectivity index (χ0v) is 9.24. The summed E-state index contributed by atoms with van der Waals surface area (Å²) in [6.07, 6.45) is 1.73. The molecule has 0 bridgehead atoms. The molecule has 1 aliphatic rings. The summed E-state index contributed by atoms with van der Waals surface area (Å²) in [4.78, 5) is 6.53. The lowest BCUT2D eigenvalue weighted by molar-refractivity contribution is 0.473. The number of nitrogens with zero attached hydrogens (tertiary/aromatic N) is 1. The van der Waals surface area contributed by atoms with Gasteiger partial charge in [0.15, 0.2) is 0 Å². The van der Waals surface area contributed by atoms with Crippen LogP contribution in [0.5, 0.6) is 5.75 Å². The summed E-state index contributed by atoms with van der Waals surface area (Å²) in [5, 5.41) is 9.76. The standard InChI is InChI=1S/C13H9NOS/c15-11-5-3-7-12-9(11)8-14-10-4-1-2-6-13(10)16-12/h1-8,15H. The van der Waals surface area contributed by atoms with Gasteiger partial charge in [0.1, 0.15) is 5.75 Å². The number of rotatable bonds is 0. The van der Waals surface area contributed by atoms with Gasteiger partial charge in [0.2, 0.25) is 0 Å². The Labute approximate surface area is 97.7 Å². The summed E-state index contributed by atoms with van der Waals surface area (Å²) in [6.45, 7) is 0. The van der Waals surface area contributed by atoms with E-state index < -0.39 is 0 Å². The summed E-state index contributed by atoms with van der Waals surface area (Å²) in [7, 11) is 0. The molecular weight excluding hydrogens is 218 g/mol. The van der Waals surface area contributed by atoms with E-state index in [-0.39, 0.29) is 5.75 Å². The second kappa shape index (κ2) is 3.68. The number of aromatic hydroxyl groups is 1. The molecule has 2 aromatic carbocycles. The van der Waals surface area contributed by atoms with E-state index in [0.29, 0.717) is 0 Å². The van der Waals surface area contributed by atoms with E-state index in [1.807, 2.05) is 36.4 Å². The van der Waals surface area contributed by atoms with Crippen LogP contribution in [-0.4, -0.2) is 11.3 Å². The van der Waals surface area contributed by atoms with Crippen LogP contribution in [0.15, 0.2) is 57.2 Å². The lowest BCUT2D eigenvalue weighted by Gasteiger charge is -2.04. The molecule has 0 radical (unpaired) electrons. The fraction of sp³-hybridized carbons (Fsp3) is 0. The van der Waals surface area contributed by atoms with Gasteiger partial charge in [-0.25, -0.2) is 0 Å². The molecule has 78 valence electrons. The van der Waals surface area contributed by atoms with Crippen molar-refractivity contribution in [2.45, 2.75) is 9.79 Å². The molecule has 2 aromatic rings. The number of hydrogen-bond donors (Lipinski definition) is 1. The van der Waals surface area contributed by atoms with Gasteiger partial charge in [0.05, 0.1) is 5.69 Å². The topological polar surface area (TPSA) is 32.6 Å². The SMILES string of the molecule is Oc1cccc2c1C=Nc1ccccc1S2. The molecule has 0 saturated carbocycles. The molecule has 0 spiro atoms. The van der Waals surface area contributed by atoms with Gasteiger partial charge in [-0.3, -0.25) is 4.99 Å². The predicted molar refractivity (Wildman–Crippen MR) is 65.9 cm³/mol. The van der Waals surface area contributed by atoms with Crippen molar-refractivity contribution in [1.29, 1.82) is 0 Å². The van der Waals surface area contributed by atoms with Crippen molar-refractivity contribution >= 4 is 23.7 Å². The lowest BCUT2D eigenvalue weighted by Crippen LogP contribution is -1.84. The highest BCUT2D eigenvalue weighted by molar-refractivity contribution is 7.99. The molecule has 3 rings (SSSR count). The summed E-state index contributed by atoms with van der Waals surface area (Å²) in [5.74, 6) is 0.279. The Morgan fingerprint density at radius 3 is 2.69 bits per heavy atom. The first-order chi connectivity index (χ1) is 7.84. The Hall–Kier alpha value is -1.74. The fourth-order valence-corrected chi connectivity index (χ4v) is 2.68. The average Bonchev–Trinajstić information content (AvgIpc) is 2.48. The van der Waals surface area contributed by atoms with E-state index in [1.54, 1.807) is 24.0 Å². The van der Waals surface area contributed by atoms with E-state index in [9.17, 15) is 5.11 Å². The highest BCUT2D eigenvalue weighted by Crippen LogP contribution is 2.40. The van der Waals surface area contributed by atoms with Gasteiger partial charge in [-0.2, -0.15) is 0 Å². The maximum Gasteiger partial charge on any atom is 0.125 e. The van der Waals surface area contributed by atoms with E-state index in [1.165, 1.54) is 0 Å². The van der Waals surface area contributed by atoms with Gasteiger partial charge in [0.25, 0.3) is 0 Å². The molecule has 3 heteroatoms. The van der Waals surface area contributed by atoms with E-state index >= 15 is 0 Å². The third-order valence-corrected chi connectivity index (χ3v) is 3.60. The number of benzene rings is 2. The van der Waals surface area contributed by atoms with Gasteiger partial charge in [-0.15, -0.1) is 0 Å². The number of phenolic OH excluding ortho intramolecular Hbond substituents is 1. The minimum Gasteiger partial charge on any atom is -0.507 e. The number of fused-ring (bicyclic) bond motifs is 2. The minimum absolute atomic E-state index is 0.279. The Kier molecular flexibility index (Phi) is 2.18. The van der Waals surface area contributed by atoms with Crippen LogP contribution < -0.4 is 0 Å². The van der Waals surface area contributed by atoms with Crippen molar-refractivity contribution < 1.29 is 5.11 Å². The van der Waals surface area contributed by atoms with Gasteiger partial charge >= 0.3 is 0 Å². The van der Waals surface area contributed by atoms with Crippen LogP contribution in [0.2, 0.25) is 0 Å². The second-order valence-electron chi connectivity index (χ2n) is 3.52. The second-order valence-corrected chi connectivity index (χ2v) is 4.60. The van der Waals surface area contributed by atoms with E-state index in [4.69, 9.17) is 0 Å². The van der Waals surface area contributed by atoms with Crippen molar-refractivity contribution in [2.75, 3.05) is 0 Å². The minimum atomic E-state index is 0.279. The third-order valence-electron chi connectivity index (χ3n) is 2.46. The first-order valence-corrected chi connectivity index (χ1v) is 5.79. The van der Waals surface area contributed by atoms with Crippen LogP contribution in [0.25, 0.3) is 0 Å². The quantitative estimate of drug-likeness (QED) is 0.636. The molecule has 0 aromatic heterocycles. The van der Waals surface area contributed by atoms with Gasteiger partial charge in [-0.05, 0) is 24.3 Å². The lowest BCUT2D eigenvalue weighted by atomic mass is 10.2. The van der Waals surface area contributed by atoms with Crippen molar-refractivity contribution in [2.24, 2.45) is 4.99 Å². The maximum atomic E-state index is 9.76. The monoisotopic (exact) mass is 227 g/mol. The molecule has 0 aliphatic carbocycles.